The fraction of sp³-hybridized carbons (Fsp3) is 0.571. The first-order valence-corrected chi connectivity index (χ1v) is 3.87. The summed E-state index contributed by atoms with van der Waals surface area (Å²) >= 11 is 0. The van der Waals surface area contributed by atoms with Gasteiger partial charge in [0.1, 0.15) is 6.54 Å². The van der Waals surface area contributed by atoms with E-state index in [4.69, 9.17) is 10.8 Å². The minimum absolute atomic E-state index is 0.0412. The minimum atomic E-state index is -1.11. The Morgan fingerprint density at radius 3 is 2.36 bits per heavy atom. The molecular weight excluding hydrogens is 190 g/mol. The van der Waals surface area contributed by atoms with Crippen LogP contribution in [0.1, 0.15) is 0 Å². The van der Waals surface area contributed by atoms with E-state index in [9.17, 15) is 14.4 Å². The van der Waals surface area contributed by atoms with Crippen LogP contribution in [0.5, 0.6) is 0 Å². The SMILES string of the molecule is CN(CC(N)=O)CC(=O)NCC(=O)O. The summed E-state index contributed by atoms with van der Waals surface area (Å²) in [5.74, 6) is -2.12. The Bertz CT molecular complexity index is 241. The van der Waals surface area contributed by atoms with Gasteiger partial charge in [0.2, 0.25) is 11.8 Å². The second-order valence-corrected chi connectivity index (χ2v) is 2.81. The fourth-order valence-electron chi connectivity index (χ4n) is 0.797. The van der Waals surface area contributed by atoms with Crippen molar-refractivity contribution in [1.82, 2.24) is 10.2 Å². The van der Waals surface area contributed by atoms with Gasteiger partial charge < -0.3 is 16.2 Å². The lowest BCUT2D eigenvalue weighted by molar-refractivity contribution is -0.138. The number of primary amides is 1. The Balaban J connectivity index is 3.71. The maximum absolute atomic E-state index is 11.0. The molecule has 7 heteroatoms. The highest BCUT2D eigenvalue weighted by Gasteiger charge is 2.08. The van der Waals surface area contributed by atoms with E-state index in [2.05, 4.69) is 5.32 Å². The summed E-state index contributed by atoms with van der Waals surface area (Å²) in [7, 11) is 1.53. The molecular formula is C7H13N3O4. The number of carboxylic acids is 1. The van der Waals surface area contributed by atoms with Crippen LogP contribution in [-0.2, 0) is 14.4 Å². The Labute approximate surface area is 80.9 Å². The van der Waals surface area contributed by atoms with E-state index < -0.39 is 24.3 Å². The largest absolute Gasteiger partial charge is 0.480 e. The van der Waals surface area contributed by atoms with Gasteiger partial charge in [-0.25, -0.2) is 0 Å². The minimum Gasteiger partial charge on any atom is -0.480 e. The third kappa shape index (κ3) is 7.04. The van der Waals surface area contributed by atoms with Gasteiger partial charge in [-0.3, -0.25) is 19.3 Å². The van der Waals surface area contributed by atoms with E-state index in [-0.39, 0.29) is 13.1 Å². The van der Waals surface area contributed by atoms with Crippen LogP contribution in [0.4, 0.5) is 0 Å². The highest BCUT2D eigenvalue weighted by molar-refractivity contribution is 5.83. The molecule has 0 unspecified atom stereocenters. The van der Waals surface area contributed by atoms with E-state index in [1.54, 1.807) is 0 Å². The molecule has 2 amide bonds. The first-order valence-electron chi connectivity index (χ1n) is 3.87. The lowest BCUT2D eigenvalue weighted by atomic mass is 10.4. The Kier molecular flexibility index (Phi) is 5.23. The zero-order valence-corrected chi connectivity index (χ0v) is 7.82. The number of nitrogens with one attached hydrogen (secondary N) is 1. The monoisotopic (exact) mass is 203 g/mol. The highest BCUT2D eigenvalue weighted by Crippen LogP contribution is 1.80. The molecule has 0 aliphatic carbocycles. The van der Waals surface area contributed by atoms with Gasteiger partial charge in [-0.1, -0.05) is 0 Å². The second-order valence-electron chi connectivity index (χ2n) is 2.81. The number of hydrogen-bond acceptors (Lipinski definition) is 4. The molecule has 0 aromatic carbocycles. The molecule has 0 aromatic rings. The zero-order valence-electron chi connectivity index (χ0n) is 7.82. The number of nitrogens with two attached hydrogens (primary N) is 1. The Hall–Kier alpha value is -1.63. The van der Waals surface area contributed by atoms with Gasteiger partial charge in [0.05, 0.1) is 13.1 Å². The average Bonchev–Trinajstić information content (AvgIpc) is 1.98. The molecule has 7 nitrogen and oxygen atoms in total. The van der Waals surface area contributed by atoms with Crippen LogP contribution in [0.15, 0.2) is 0 Å². The van der Waals surface area contributed by atoms with Crippen molar-refractivity contribution in [2.75, 3.05) is 26.7 Å². The quantitative estimate of drug-likeness (QED) is 0.445. The van der Waals surface area contributed by atoms with Crippen LogP contribution in [0, 0.1) is 0 Å². The van der Waals surface area contributed by atoms with Crippen LogP contribution < -0.4 is 11.1 Å². The molecule has 0 rings (SSSR count). The van der Waals surface area contributed by atoms with Gasteiger partial charge in [-0.2, -0.15) is 0 Å². The highest BCUT2D eigenvalue weighted by atomic mass is 16.4. The fourth-order valence-corrected chi connectivity index (χ4v) is 0.797. The number of carboxylic acid groups (broad SMARTS) is 1. The van der Waals surface area contributed by atoms with Crippen LogP contribution in [0.25, 0.3) is 0 Å². The molecule has 0 aliphatic rings. The van der Waals surface area contributed by atoms with Gasteiger partial charge in [0.15, 0.2) is 0 Å². The van der Waals surface area contributed by atoms with Crippen molar-refractivity contribution >= 4 is 17.8 Å². The van der Waals surface area contributed by atoms with Crippen molar-refractivity contribution in [1.29, 1.82) is 0 Å². The van der Waals surface area contributed by atoms with E-state index in [0.29, 0.717) is 0 Å². The van der Waals surface area contributed by atoms with Gasteiger partial charge >= 0.3 is 5.97 Å². The number of amides is 2. The number of hydrogen-bond donors (Lipinski definition) is 3. The number of carbonyl (C=O) groups excluding carboxylic acids is 2. The van der Waals surface area contributed by atoms with E-state index in [1.165, 1.54) is 11.9 Å². The Morgan fingerprint density at radius 1 is 1.36 bits per heavy atom. The predicted octanol–water partition coefficient (Wildman–Crippen LogP) is -2.40. The molecule has 0 fully saturated rings. The van der Waals surface area contributed by atoms with Crippen molar-refractivity contribution in [3.63, 3.8) is 0 Å². The van der Waals surface area contributed by atoms with Crippen LogP contribution in [0.3, 0.4) is 0 Å². The van der Waals surface area contributed by atoms with E-state index in [0.717, 1.165) is 0 Å². The molecule has 0 aromatic heterocycles. The standard InChI is InChI=1S/C7H13N3O4/c1-10(3-5(8)11)4-6(12)9-2-7(13)14/h2-4H2,1H3,(H2,8,11)(H,9,12)(H,13,14). The molecule has 0 heterocycles. The summed E-state index contributed by atoms with van der Waals surface area (Å²) in [6.07, 6.45) is 0. The maximum atomic E-state index is 11.0. The van der Waals surface area contributed by atoms with Crippen molar-refractivity contribution in [3.05, 3.63) is 0 Å². The van der Waals surface area contributed by atoms with Gasteiger partial charge in [-0.05, 0) is 7.05 Å². The molecule has 0 bridgehead atoms. The van der Waals surface area contributed by atoms with E-state index >= 15 is 0 Å². The number of aliphatic carboxylic acids is 1. The van der Waals surface area contributed by atoms with Crippen LogP contribution >= 0.6 is 0 Å². The molecule has 4 N–H and O–H groups in total. The first-order chi connectivity index (χ1) is 6.41. The van der Waals surface area contributed by atoms with Crippen LogP contribution in [0.2, 0.25) is 0 Å². The number of rotatable bonds is 6. The van der Waals surface area contributed by atoms with Crippen molar-refractivity contribution < 1.29 is 19.5 Å². The average molecular weight is 203 g/mol. The molecule has 0 atom stereocenters. The first kappa shape index (κ1) is 12.4. The summed E-state index contributed by atoms with van der Waals surface area (Å²) in [5.41, 5.74) is 4.88. The lowest BCUT2D eigenvalue weighted by Crippen LogP contribution is -2.40. The van der Waals surface area contributed by atoms with Crippen LogP contribution in [-0.4, -0.2) is 54.5 Å². The molecule has 14 heavy (non-hydrogen) atoms. The summed E-state index contributed by atoms with van der Waals surface area (Å²) in [6.45, 7) is -0.528. The topological polar surface area (TPSA) is 113 Å². The summed E-state index contributed by atoms with van der Waals surface area (Å²) < 4.78 is 0. The Morgan fingerprint density at radius 2 is 1.93 bits per heavy atom. The van der Waals surface area contributed by atoms with Gasteiger partial charge in [0, 0.05) is 0 Å². The summed E-state index contributed by atoms with van der Waals surface area (Å²) in [6, 6.07) is 0. The zero-order chi connectivity index (χ0) is 11.1. The number of carbonyl (C=O) groups is 3. The second kappa shape index (κ2) is 5.92. The molecule has 80 valence electrons. The maximum Gasteiger partial charge on any atom is 0.322 e. The summed E-state index contributed by atoms with van der Waals surface area (Å²) in [4.78, 5) is 32.8. The number of likely N-dealkylation sites (N-methyl/N-ethyl adjacent to an activating group) is 1. The molecule has 0 aliphatic heterocycles. The van der Waals surface area contributed by atoms with Crippen molar-refractivity contribution in [2.24, 2.45) is 5.73 Å². The third-order valence-corrected chi connectivity index (χ3v) is 1.28. The molecule has 0 radical (unpaired) electrons. The van der Waals surface area contributed by atoms with Crippen molar-refractivity contribution in [3.8, 4) is 0 Å². The van der Waals surface area contributed by atoms with E-state index in [1.807, 2.05) is 0 Å². The smallest absolute Gasteiger partial charge is 0.322 e. The summed E-state index contributed by atoms with van der Waals surface area (Å²) in [5, 5.41) is 10.4. The predicted molar refractivity (Wildman–Crippen MR) is 47.3 cm³/mol. The normalized spacial score (nSPS) is 9.86. The van der Waals surface area contributed by atoms with Gasteiger partial charge in [-0.15, -0.1) is 0 Å². The molecule has 0 saturated heterocycles. The number of nitrogens with zero attached hydrogens (tertiary/aromatic N) is 1. The third-order valence-electron chi connectivity index (χ3n) is 1.28. The lowest BCUT2D eigenvalue weighted by Gasteiger charge is -2.13. The molecule has 0 saturated carbocycles. The van der Waals surface area contributed by atoms with Gasteiger partial charge in [0.25, 0.3) is 0 Å². The van der Waals surface area contributed by atoms with Crippen molar-refractivity contribution in [2.45, 2.75) is 0 Å². The molecule has 0 spiro atoms.